The third-order valence-electron chi connectivity index (χ3n) is 3.32. The number of amides is 1. The number of carbonyl (C=O) groups excluding carboxylic acids is 1. The lowest BCUT2D eigenvalue weighted by Gasteiger charge is -2.15. The minimum atomic E-state index is -0.0910. The Bertz CT molecular complexity index is 451. The van der Waals surface area contributed by atoms with Crippen LogP contribution < -0.4 is 15.8 Å². The summed E-state index contributed by atoms with van der Waals surface area (Å²) in [4.78, 5) is 12.0. The van der Waals surface area contributed by atoms with Crippen molar-refractivity contribution in [2.45, 2.75) is 25.3 Å². The molecule has 18 heavy (non-hydrogen) atoms. The van der Waals surface area contributed by atoms with Crippen LogP contribution in [0.15, 0.2) is 18.2 Å². The number of nitrogens with two attached hydrogens (primary N) is 1. The van der Waals surface area contributed by atoms with Gasteiger partial charge in [0.25, 0.3) is 0 Å². The molecule has 0 aromatic heterocycles. The molecule has 1 aliphatic rings. The maximum atomic E-state index is 12.0. The van der Waals surface area contributed by atoms with Gasteiger partial charge in [0.05, 0.1) is 18.1 Å². The summed E-state index contributed by atoms with van der Waals surface area (Å²) in [6.45, 7) is 0. The van der Waals surface area contributed by atoms with Gasteiger partial charge in [0.1, 0.15) is 5.75 Å². The van der Waals surface area contributed by atoms with E-state index >= 15 is 0 Å². The van der Waals surface area contributed by atoms with E-state index in [-0.39, 0.29) is 17.9 Å². The highest BCUT2D eigenvalue weighted by Crippen LogP contribution is 2.29. The highest BCUT2D eigenvalue weighted by atomic mass is 35.5. The molecule has 1 aromatic rings. The average molecular weight is 269 g/mol. The number of hydrogen-bond acceptors (Lipinski definition) is 3. The van der Waals surface area contributed by atoms with Crippen LogP contribution in [0.2, 0.25) is 5.02 Å². The summed E-state index contributed by atoms with van der Waals surface area (Å²) in [7, 11) is 1.54. The molecule has 1 amide bonds. The Balaban J connectivity index is 2.07. The molecule has 1 saturated carbocycles. The van der Waals surface area contributed by atoms with Crippen molar-refractivity contribution in [2.24, 2.45) is 11.7 Å². The molecule has 0 radical (unpaired) electrons. The number of nitrogens with one attached hydrogen (secondary N) is 1. The van der Waals surface area contributed by atoms with Crippen molar-refractivity contribution >= 4 is 23.2 Å². The van der Waals surface area contributed by atoms with Crippen molar-refractivity contribution in [2.75, 3.05) is 12.4 Å². The Kier molecular flexibility index (Phi) is 4.09. The molecule has 98 valence electrons. The van der Waals surface area contributed by atoms with Crippen molar-refractivity contribution in [3.8, 4) is 5.75 Å². The first-order valence-electron chi connectivity index (χ1n) is 6.02. The summed E-state index contributed by atoms with van der Waals surface area (Å²) in [5.74, 6) is 0.432. The molecule has 0 spiro atoms. The standard InChI is InChI=1S/C13H17ClN2O2/c1-18-12-7-8(5-6-10(12)14)16-13(17)9-3-2-4-11(9)15/h5-7,9,11H,2-4,15H2,1H3,(H,16,17). The van der Waals surface area contributed by atoms with Crippen LogP contribution in [-0.4, -0.2) is 19.1 Å². The molecule has 2 atom stereocenters. The molecule has 0 bridgehead atoms. The summed E-state index contributed by atoms with van der Waals surface area (Å²) in [5.41, 5.74) is 6.59. The largest absolute Gasteiger partial charge is 0.495 e. The van der Waals surface area contributed by atoms with Gasteiger partial charge in [-0.15, -0.1) is 0 Å². The average Bonchev–Trinajstić information content (AvgIpc) is 2.78. The normalized spacial score (nSPS) is 22.8. The Morgan fingerprint density at radius 1 is 1.50 bits per heavy atom. The maximum absolute atomic E-state index is 12.0. The van der Waals surface area contributed by atoms with E-state index in [9.17, 15) is 4.79 Å². The Labute approximate surface area is 111 Å². The Morgan fingerprint density at radius 3 is 2.89 bits per heavy atom. The summed E-state index contributed by atoms with van der Waals surface area (Å²) in [6.07, 6.45) is 2.79. The predicted molar refractivity (Wildman–Crippen MR) is 72.0 cm³/mol. The fourth-order valence-electron chi connectivity index (χ4n) is 2.29. The van der Waals surface area contributed by atoms with E-state index < -0.39 is 0 Å². The molecule has 0 saturated heterocycles. The summed E-state index contributed by atoms with van der Waals surface area (Å²) < 4.78 is 5.11. The van der Waals surface area contributed by atoms with Crippen LogP contribution in [0, 0.1) is 5.92 Å². The van der Waals surface area contributed by atoms with Gasteiger partial charge in [0.2, 0.25) is 5.91 Å². The lowest BCUT2D eigenvalue weighted by molar-refractivity contribution is -0.120. The van der Waals surface area contributed by atoms with E-state index in [4.69, 9.17) is 22.1 Å². The molecule has 1 aliphatic carbocycles. The molecule has 1 aromatic carbocycles. The van der Waals surface area contributed by atoms with Crippen LogP contribution in [0.5, 0.6) is 5.75 Å². The zero-order valence-corrected chi connectivity index (χ0v) is 11.0. The van der Waals surface area contributed by atoms with Gasteiger partial charge in [-0.3, -0.25) is 4.79 Å². The second-order valence-electron chi connectivity index (χ2n) is 4.54. The van der Waals surface area contributed by atoms with Crippen LogP contribution >= 0.6 is 11.6 Å². The second kappa shape index (κ2) is 5.59. The van der Waals surface area contributed by atoms with Crippen LogP contribution in [0.3, 0.4) is 0 Å². The molecule has 3 N–H and O–H groups in total. The van der Waals surface area contributed by atoms with Gasteiger partial charge in [0, 0.05) is 17.8 Å². The molecule has 0 aliphatic heterocycles. The third kappa shape index (κ3) is 2.76. The summed E-state index contributed by atoms with van der Waals surface area (Å²) in [5, 5.41) is 3.38. The van der Waals surface area contributed by atoms with Crippen molar-refractivity contribution < 1.29 is 9.53 Å². The number of hydrogen-bond donors (Lipinski definition) is 2. The first-order valence-corrected chi connectivity index (χ1v) is 6.39. The Morgan fingerprint density at radius 2 is 2.28 bits per heavy atom. The number of anilines is 1. The van der Waals surface area contributed by atoms with Crippen LogP contribution in [-0.2, 0) is 4.79 Å². The van der Waals surface area contributed by atoms with Crippen LogP contribution in [0.25, 0.3) is 0 Å². The lowest BCUT2D eigenvalue weighted by Crippen LogP contribution is -2.34. The van der Waals surface area contributed by atoms with Gasteiger partial charge in [-0.1, -0.05) is 18.0 Å². The van der Waals surface area contributed by atoms with Crippen molar-refractivity contribution in [3.05, 3.63) is 23.2 Å². The molecular weight excluding hydrogens is 252 g/mol. The predicted octanol–water partition coefficient (Wildman–Crippen LogP) is 2.41. The molecule has 5 heteroatoms. The number of rotatable bonds is 3. The van der Waals surface area contributed by atoms with Gasteiger partial charge in [0.15, 0.2) is 0 Å². The SMILES string of the molecule is COc1cc(NC(=O)C2CCCC2N)ccc1Cl. The fourth-order valence-corrected chi connectivity index (χ4v) is 2.48. The minimum absolute atomic E-state index is 0.0237. The molecule has 4 nitrogen and oxygen atoms in total. The number of carbonyl (C=O) groups is 1. The number of benzene rings is 1. The maximum Gasteiger partial charge on any atom is 0.229 e. The first kappa shape index (κ1) is 13.2. The van der Waals surface area contributed by atoms with E-state index in [0.29, 0.717) is 16.5 Å². The van der Waals surface area contributed by atoms with E-state index in [1.54, 1.807) is 25.3 Å². The van der Waals surface area contributed by atoms with E-state index in [2.05, 4.69) is 5.32 Å². The van der Waals surface area contributed by atoms with E-state index in [0.717, 1.165) is 19.3 Å². The van der Waals surface area contributed by atoms with Crippen molar-refractivity contribution in [3.63, 3.8) is 0 Å². The van der Waals surface area contributed by atoms with Gasteiger partial charge in [-0.2, -0.15) is 0 Å². The smallest absolute Gasteiger partial charge is 0.229 e. The van der Waals surface area contributed by atoms with Gasteiger partial charge in [-0.05, 0) is 25.0 Å². The van der Waals surface area contributed by atoms with Crippen LogP contribution in [0.1, 0.15) is 19.3 Å². The molecule has 2 unspecified atom stereocenters. The monoisotopic (exact) mass is 268 g/mol. The van der Waals surface area contributed by atoms with Gasteiger partial charge in [-0.25, -0.2) is 0 Å². The molecular formula is C13H17ClN2O2. The second-order valence-corrected chi connectivity index (χ2v) is 4.95. The van der Waals surface area contributed by atoms with Crippen molar-refractivity contribution in [1.29, 1.82) is 0 Å². The van der Waals surface area contributed by atoms with Crippen LogP contribution in [0.4, 0.5) is 5.69 Å². The van der Waals surface area contributed by atoms with Crippen molar-refractivity contribution in [1.82, 2.24) is 0 Å². The zero-order valence-electron chi connectivity index (χ0n) is 10.3. The van der Waals surface area contributed by atoms with E-state index in [1.807, 2.05) is 0 Å². The number of halogens is 1. The summed E-state index contributed by atoms with van der Waals surface area (Å²) in [6, 6.07) is 5.13. The first-order chi connectivity index (χ1) is 8.61. The number of ether oxygens (including phenoxy) is 1. The van der Waals surface area contributed by atoms with E-state index in [1.165, 1.54) is 0 Å². The molecule has 2 rings (SSSR count). The minimum Gasteiger partial charge on any atom is -0.495 e. The summed E-state index contributed by atoms with van der Waals surface area (Å²) >= 11 is 5.93. The lowest BCUT2D eigenvalue weighted by atomic mass is 10.0. The zero-order chi connectivity index (χ0) is 13.1. The molecule has 1 fully saturated rings. The third-order valence-corrected chi connectivity index (χ3v) is 3.64. The Hall–Kier alpha value is -1.26. The highest BCUT2D eigenvalue weighted by molar-refractivity contribution is 6.32. The topological polar surface area (TPSA) is 64.3 Å². The molecule has 0 heterocycles. The highest BCUT2D eigenvalue weighted by Gasteiger charge is 2.30. The number of methoxy groups -OCH3 is 1. The van der Waals surface area contributed by atoms with Gasteiger partial charge >= 0.3 is 0 Å². The quantitative estimate of drug-likeness (QED) is 0.885. The fraction of sp³-hybridized carbons (Fsp3) is 0.462. The van der Waals surface area contributed by atoms with Gasteiger partial charge < -0.3 is 15.8 Å².